The van der Waals surface area contributed by atoms with E-state index < -0.39 is 69.5 Å². The molecule has 22 heteroatoms. The van der Waals surface area contributed by atoms with E-state index >= 15 is 0 Å². The fraction of sp³-hybridized carbons (Fsp3) is 0.882. The summed E-state index contributed by atoms with van der Waals surface area (Å²) in [5, 5.41) is 0. The molecule has 0 aromatic heterocycles. The third-order valence-corrected chi connectivity index (χ3v) is 5.71. The van der Waals surface area contributed by atoms with Crippen LogP contribution < -0.4 is 0 Å². The van der Waals surface area contributed by atoms with E-state index in [-0.39, 0.29) is 12.8 Å². The smallest absolute Gasteiger partial charge is 0.199 e. The van der Waals surface area contributed by atoms with Gasteiger partial charge in [-0.3, -0.25) is 0 Å². The van der Waals surface area contributed by atoms with E-state index in [0.717, 1.165) is 22.6 Å². The second-order valence-corrected chi connectivity index (χ2v) is 9.15. The number of rotatable bonds is 13. The SMILES string of the molecule is CCCC/C=C(\I)CC(F)(F)C(F)(F)C(F)(F)C(F)(F)C(F)(F)C(F)(F)C(F)(F)C(F)(F)C(F)(F)C(F)(F)F. The fourth-order valence-electron chi connectivity index (χ4n) is 2.45. The van der Waals surface area contributed by atoms with Gasteiger partial charge in [-0.25, -0.2) is 0 Å². The predicted molar refractivity (Wildman–Crippen MR) is 96.8 cm³/mol. The molecule has 0 radical (unpaired) electrons. The van der Waals surface area contributed by atoms with Gasteiger partial charge in [-0.2, -0.15) is 92.2 Å². The van der Waals surface area contributed by atoms with Crippen molar-refractivity contribution in [3.05, 3.63) is 9.66 Å². The van der Waals surface area contributed by atoms with Gasteiger partial charge in [-0.15, -0.1) is 0 Å². The van der Waals surface area contributed by atoms with E-state index in [9.17, 15) is 92.2 Å². The zero-order chi connectivity index (χ0) is 32.1. The summed E-state index contributed by atoms with van der Waals surface area (Å²) in [6, 6.07) is 0. The lowest BCUT2D eigenvalue weighted by Gasteiger charge is -2.44. The van der Waals surface area contributed by atoms with Crippen molar-refractivity contribution in [3.63, 3.8) is 0 Å². The summed E-state index contributed by atoms with van der Waals surface area (Å²) in [4.78, 5) is 0. The summed E-state index contributed by atoms with van der Waals surface area (Å²) in [6.07, 6.45) is -9.77. The Morgan fingerprint density at radius 3 is 1.05 bits per heavy atom. The molecular formula is C17H12F21I. The van der Waals surface area contributed by atoms with Gasteiger partial charge in [0.25, 0.3) is 0 Å². The molecule has 0 saturated carbocycles. The van der Waals surface area contributed by atoms with Gasteiger partial charge in [0.15, 0.2) is 0 Å². The van der Waals surface area contributed by atoms with Crippen molar-refractivity contribution in [1.29, 1.82) is 0 Å². The molecule has 0 aliphatic heterocycles. The number of hydrogen-bond acceptors (Lipinski definition) is 0. The lowest BCUT2D eigenvalue weighted by Crippen LogP contribution is -2.76. The zero-order valence-electron chi connectivity index (χ0n) is 18.2. The molecule has 0 nitrogen and oxygen atoms in total. The van der Waals surface area contributed by atoms with Crippen LogP contribution in [0.4, 0.5) is 92.2 Å². The minimum Gasteiger partial charge on any atom is -0.199 e. The van der Waals surface area contributed by atoms with Gasteiger partial charge >= 0.3 is 59.5 Å². The van der Waals surface area contributed by atoms with Crippen LogP contribution in [0.1, 0.15) is 32.6 Å². The van der Waals surface area contributed by atoms with Crippen molar-refractivity contribution >= 4 is 22.6 Å². The van der Waals surface area contributed by atoms with Gasteiger partial charge in [0, 0.05) is 6.42 Å². The normalized spacial score (nSPS) is 16.6. The highest BCUT2D eigenvalue weighted by molar-refractivity contribution is 14.1. The molecule has 0 spiro atoms. The monoisotopic (exact) mass is 742 g/mol. The molecule has 0 rings (SSSR count). The van der Waals surface area contributed by atoms with Gasteiger partial charge < -0.3 is 0 Å². The minimum absolute atomic E-state index is 0.149. The quantitative estimate of drug-likeness (QED) is 0.100. The Bertz CT molecular complexity index is 881. The van der Waals surface area contributed by atoms with Gasteiger partial charge in [0.1, 0.15) is 0 Å². The van der Waals surface area contributed by atoms with Crippen LogP contribution in [0.15, 0.2) is 9.66 Å². The Kier molecular flexibility index (Phi) is 10.4. The van der Waals surface area contributed by atoms with Gasteiger partial charge in [0.05, 0.1) is 0 Å². The summed E-state index contributed by atoms with van der Waals surface area (Å²) in [7, 11) is 0. The summed E-state index contributed by atoms with van der Waals surface area (Å²) >= 11 is 0.759. The number of alkyl halides is 21. The van der Waals surface area contributed by atoms with Crippen LogP contribution in [0.5, 0.6) is 0 Å². The predicted octanol–water partition coefficient (Wildman–Crippen LogP) is 10.2. The first-order valence-electron chi connectivity index (χ1n) is 9.52. The molecule has 0 heterocycles. The van der Waals surface area contributed by atoms with Gasteiger partial charge in [-0.05, 0) is 32.6 Å². The molecule has 234 valence electrons. The maximum Gasteiger partial charge on any atom is 0.460 e. The summed E-state index contributed by atoms with van der Waals surface area (Å²) in [5.41, 5.74) is 0. The molecule has 0 aromatic carbocycles. The second kappa shape index (κ2) is 10.7. The molecule has 0 aliphatic rings. The van der Waals surface area contributed by atoms with Crippen LogP contribution in [0.3, 0.4) is 0 Å². The molecule has 0 aliphatic carbocycles. The summed E-state index contributed by atoms with van der Waals surface area (Å²) in [5.74, 6) is -76.5. The van der Waals surface area contributed by atoms with Crippen molar-refractivity contribution in [2.24, 2.45) is 0 Å². The van der Waals surface area contributed by atoms with E-state index in [0.29, 0.717) is 12.5 Å². The number of hydrogen-bond donors (Lipinski definition) is 0. The Balaban J connectivity index is 6.90. The van der Waals surface area contributed by atoms with Crippen LogP contribution in [0.25, 0.3) is 0 Å². The standard InChI is InChI=1S/C17H12F21I/c1-2-3-4-5-7(39)6-8(18,19)9(20,21)10(22,23)11(24,25)12(26,27)13(28,29)14(30,31)15(32,33)16(34,35)17(36,37)38/h5H,2-4,6H2,1H3/b7-5-. The van der Waals surface area contributed by atoms with E-state index in [2.05, 4.69) is 0 Å². The first-order valence-corrected chi connectivity index (χ1v) is 10.6. The van der Waals surface area contributed by atoms with Crippen molar-refractivity contribution < 1.29 is 92.2 Å². The Morgan fingerprint density at radius 1 is 0.487 bits per heavy atom. The molecule has 39 heavy (non-hydrogen) atoms. The second-order valence-electron chi connectivity index (χ2n) is 7.77. The van der Waals surface area contributed by atoms with Crippen LogP contribution in [0, 0.1) is 0 Å². The average molecular weight is 742 g/mol. The zero-order valence-corrected chi connectivity index (χ0v) is 20.4. The molecular weight excluding hydrogens is 730 g/mol. The highest BCUT2D eigenvalue weighted by Crippen LogP contribution is 2.66. The summed E-state index contributed by atoms with van der Waals surface area (Å²) in [6.45, 7) is 1.51. The van der Waals surface area contributed by atoms with Crippen LogP contribution >= 0.6 is 22.6 Å². The fourth-order valence-corrected chi connectivity index (χ4v) is 3.24. The minimum atomic E-state index is -9.15. The third-order valence-electron chi connectivity index (χ3n) is 4.89. The highest BCUT2D eigenvalue weighted by Gasteiger charge is 2.97. The molecule has 0 N–H and O–H groups in total. The van der Waals surface area contributed by atoms with Crippen LogP contribution in [0.2, 0.25) is 0 Å². The summed E-state index contributed by atoms with van der Waals surface area (Å²) < 4.78 is 278. The van der Waals surface area contributed by atoms with Crippen molar-refractivity contribution in [2.45, 2.75) is 92.1 Å². The van der Waals surface area contributed by atoms with Crippen LogP contribution in [-0.4, -0.2) is 59.5 Å². The Hall–Kier alpha value is -1.00. The average Bonchev–Trinajstić information content (AvgIpc) is 2.71. The molecule has 0 atom stereocenters. The van der Waals surface area contributed by atoms with Gasteiger partial charge in [-0.1, -0.05) is 25.8 Å². The lowest BCUT2D eigenvalue weighted by molar-refractivity contribution is -0.474. The van der Waals surface area contributed by atoms with E-state index in [1.54, 1.807) is 0 Å². The van der Waals surface area contributed by atoms with Crippen molar-refractivity contribution in [2.75, 3.05) is 0 Å². The largest absolute Gasteiger partial charge is 0.460 e. The maximum atomic E-state index is 13.8. The first kappa shape index (κ1) is 38.0. The maximum absolute atomic E-state index is 13.8. The number of unbranched alkanes of at least 4 members (excludes halogenated alkanes) is 2. The molecule has 0 fully saturated rings. The van der Waals surface area contributed by atoms with E-state index in [4.69, 9.17) is 0 Å². The highest BCUT2D eigenvalue weighted by atomic mass is 127. The first-order chi connectivity index (χ1) is 16.7. The molecule has 0 aromatic rings. The van der Waals surface area contributed by atoms with E-state index in [1.165, 1.54) is 6.92 Å². The number of halogens is 22. The Labute approximate surface area is 217 Å². The lowest BCUT2D eigenvalue weighted by atomic mass is 9.86. The molecule has 0 bridgehead atoms. The van der Waals surface area contributed by atoms with Gasteiger partial charge in [0.2, 0.25) is 0 Å². The number of allylic oxidation sites excluding steroid dienone is 2. The van der Waals surface area contributed by atoms with E-state index in [1.807, 2.05) is 0 Å². The topological polar surface area (TPSA) is 0 Å². The van der Waals surface area contributed by atoms with Crippen LogP contribution in [-0.2, 0) is 0 Å². The molecule has 0 saturated heterocycles. The molecule has 0 amide bonds. The van der Waals surface area contributed by atoms with Crippen molar-refractivity contribution in [1.82, 2.24) is 0 Å². The van der Waals surface area contributed by atoms with Crippen molar-refractivity contribution in [3.8, 4) is 0 Å². The Morgan fingerprint density at radius 2 is 0.769 bits per heavy atom. The molecule has 0 unspecified atom stereocenters. The third kappa shape index (κ3) is 5.60.